The minimum absolute atomic E-state index is 0.889. The first-order valence-corrected chi connectivity index (χ1v) is 3.13. The molecule has 0 atom stereocenters. The third-order valence-electron chi connectivity index (χ3n) is 1.62. The molecule has 1 nitrogen and oxygen atoms in total. The van der Waals surface area contributed by atoms with Gasteiger partial charge in [0.1, 0.15) is 0 Å². The molecule has 0 bridgehead atoms. The molecule has 0 unspecified atom stereocenters. The number of aromatic nitrogens is 1. The second kappa shape index (κ2) is 2.53. The summed E-state index contributed by atoms with van der Waals surface area (Å²) in [4.78, 5) is 3.97. The number of hydrogen-bond acceptors (Lipinski definition) is 1. The van der Waals surface area contributed by atoms with Crippen molar-refractivity contribution in [3.05, 3.63) is 29.1 Å². The fourth-order valence-corrected chi connectivity index (χ4v) is 0.775. The molecule has 1 heteroatoms. The van der Waals surface area contributed by atoms with Crippen LogP contribution in [0.2, 0.25) is 0 Å². The van der Waals surface area contributed by atoms with E-state index in [2.05, 4.69) is 10.9 Å². The first kappa shape index (κ1) is 6.82. The number of nitrogens with zero attached hydrogens (tertiary/aromatic N) is 1. The van der Waals surface area contributed by atoms with E-state index >= 15 is 0 Å². The van der Waals surface area contributed by atoms with Gasteiger partial charge in [-0.2, -0.15) is 0 Å². The highest BCUT2D eigenvalue weighted by Gasteiger charge is 1.95. The van der Waals surface area contributed by atoms with Crippen LogP contribution in [-0.4, -0.2) is 4.98 Å². The maximum Gasteiger partial charge on any atom is 0.0457 e. The minimum atomic E-state index is 0.889. The molecule has 0 saturated carbocycles. The van der Waals surface area contributed by atoms with Crippen LogP contribution in [-0.2, 0) is 0 Å². The van der Waals surface area contributed by atoms with E-state index in [4.69, 9.17) is 6.42 Å². The van der Waals surface area contributed by atoms with Crippen LogP contribution < -0.4 is 0 Å². The molecule has 0 spiro atoms. The lowest BCUT2D eigenvalue weighted by molar-refractivity contribution is 1.20. The van der Waals surface area contributed by atoms with E-state index in [0.29, 0.717) is 0 Å². The van der Waals surface area contributed by atoms with Crippen LogP contribution in [0.5, 0.6) is 0 Å². The van der Waals surface area contributed by atoms with Gasteiger partial charge in [0.15, 0.2) is 0 Å². The van der Waals surface area contributed by atoms with E-state index in [1.165, 1.54) is 0 Å². The second-order valence-electron chi connectivity index (χ2n) is 2.27. The lowest BCUT2D eigenvalue weighted by atomic mass is 10.1. The van der Waals surface area contributed by atoms with Crippen LogP contribution in [0.4, 0.5) is 0 Å². The van der Waals surface area contributed by atoms with Gasteiger partial charge >= 0.3 is 0 Å². The van der Waals surface area contributed by atoms with E-state index in [1.807, 2.05) is 20.0 Å². The van der Waals surface area contributed by atoms with Crippen molar-refractivity contribution in [2.75, 3.05) is 0 Å². The SMILES string of the molecule is C#Cc1cncc(C)c1C. The minimum Gasteiger partial charge on any atom is -0.263 e. The van der Waals surface area contributed by atoms with Gasteiger partial charge in [-0.05, 0) is 25.0 Å². The zero-order valence-corrected chi connectivity index (χ0v) is 6.18. The van der Waals surface area contributed by atoms with Crippen LogP contribution in [0.25, 0.3) is 0 Å². The zero-order valence-electron chi connectivity index (χ0n) is 6.18. The van der Waals surface area contributed by atoms with Crippen LogP contribution in [0, 0.1) is 26.2 Å². The molecule has 1 heterocycles. The fourth-order valence-electron chi connectivity index (χ4n) is 0.775. The zero-order chi connectivity index (χ0) is 7.56. The Kier molecular flexibility index (Phi) is 1.73. The van der Waals surface area contributed by atoms with E-state index in [1.54, 1.807) is 6.20 Å². The quantitative estimate of drug-likeness (QED) is 0.488. The number of pyridine rings is 1. The fraction of sp³-hybridized carbons (Fsp3) is 0.222. The van der Waals surface area contributed by atoms with Crippen LogP contribution in [0.3, 0.4) is 0 Å². The molecule has 50 valence electrons. The largest absolute Gasteiger partial charge is 0.263 e. The van der Waals surface area contributed by atoms with Gasteiger partial charge in [0.2, 0.25) is 0 Å². The van der Waals surface area contributed by atoms with Gasteiger partial charge in [0.05, 0.1) is 0 Å². The topological polar surface area (TPSA) is 12.9 Å². The van der Waals surface area contributed by atoms with Crippen molar-refractivity contribution >= 4 is 0 Å². The Morgan fingerprint density at radius 1 is 1.40 bits per heavy atom. The van der Waals surface area contributed by atoms with E-state index in [0.717, 1.165) is 16.7 Å². The predicted molar refractivity (Wildman–Crippen MR) is 41.6 cm³/mol. The van der Waals surface area contributed by atoms with Crippen molar-refractivity contribution in [2.24, 2.45) is 0 Å². The van der Waals surface area contributed by atoms with Gasteiger partial charge < -0.3 is 0 Å². The van der Waals surface area contributed by atoms with Crippen LogP contribution >= 0.6 is 0 Å². The van der Waals surface area contributed by atoms with E-state index in [9.17, 15) is 0 Å². The van der Waals surface area contributed by atoms with Gasteiger partial charge in [-0.3, -0.25) is 4.98 Å². The summed E-state index contributed by atoms with van der Waals surface area (Å²) in [5, 5.41) is 0. The third kappa shape index (κ3) is 1.01. The molecule has 1 rings (SSSR count). The van der Waals surface area contributed by atoms with Crippen molar-refractivity contribution in [1.82, 2.24) is 4.98 Å². The second-order valence-corrected chi connectivity index (χ2v) is 2.27. The van der Waals surface area contributed by atoms with Crippen molar-refractivity contribution in [2.45, 2.75) is 13.8 Å². The summed E-state index contributed by atoms with van der Waals surface area (Å²) in [7, 11) is 0. The normalized spacial score (nSPS) is 8.90. The number of hydrogen-bond donors (Lipinski definition) is 0. The molecule has 1 aromatic rings. The first-order chi connectivity index (χ1) is 4.75. The molecule has 0 N–H and O–H groups in total. The maximum absolute atomic E-state index is 5.23. The summed E-state index contributed by atoms with van der Waals surface area (Å²) in [6.45, 7) is 4.01. The molecule has 0 aliphatic carbocycles. The van der Waals surface area contributed by atoms with Crippen molar-refractivity contribution in [3.63, 3.8) is 0 Å². The first-order valence-electron chi connectivity index (χ1n) is 3.13. The molecule has 0 aromatic carbocycles. The predicted octanol–water partition coefficient (Wildman–Crippen LogP) is 1.68. The van der Waals surface area contributed by atoms with Crippen molar-refractivity contribution in [3.8, 4) is 12.3 Å². The standard InChI is InChI=1S/C9H9N/c1-4-9-6-10-5-7(2)8(9)3/h1,5-6H,2-3H3. The Morgan fingerprint density at radius 2 is 2.10 bits per heavy atom. The van der Waals surface area contributed by atoms with E-state index < -0.39 is 0 Å². The molecule has 1 aromatic heterocycles. The summed E-state index contributed by atoms with van der Waals surface area (Å²) in [5.41, 5.74) is 3.19. The molecule has 0 radical (unpaired) electrons. The molecular weight excluding hydrogens is 122 g/mol. The Morgan fingerprint density at radius 3 is 2.60 bits per heavy atom. The van der Waals surface area contributed by atoms with Crippen LogP contribution in [0.15, 0.2) is 12.4 Å². The average Bonchev–Trinajstić information content (AvgIpc) is 1.95. The summed E-state index contributed by atoms with van der Waals surface area (Å²) < 4.78 is 0. The van der Waals surface area contributed by atoms with Gasteiger partial charge in [-0.25, -0.2) is 0 Å². The smallest absolute Gasteiger partial charge is 0.0457 e. The molecule has 0 amide bonds. The average molecular weight is 131 g/mol. The molecule has 0 fully saturated rings. The van der Waals surface area contributed by atoms with E-state index in [-0.39, 0.29) is 0 Å². The van der Waals surface area contributed by atoms with Gasteiger partial charge in [-0.1, -0.05) is 5.92 Å². The summed E-state index contributed by atoms with van der Waals surface area (Å²) in [6.07, 6.45) is 8.76. The number of aryl methyl sites for hydroxylation is 1. The molecular formula is C9H9N. The highest BCUT2D eigenvalue weighted by atomic mass is 14.6. The van der Waals surface area contributed by atoms with Crippen molar-refractivity contribution in [1.29, 1.82) is 0 Å². The number of terminal acetylenes is 1. The van der Waals surface area contributed by atoms with Gasteiger partial charge in [0, 0.05) is 18.0 Å². The Labute approximate surface area is 61.1 Å². The molecule has 0 aliphatic rings. The number of rotatable bonds is 0. The highest BCUT2D eigenvalue weighted by Crippen LogP contribution is 2.08. The Hall–Kier alpha value is -1.29. The highest BCUT2D eigenvalue weighted by molar-refractivity contribution is 5.40. The lowest BCUT2D eigenvalue weighted by Gasteiger charge is -1.99. The monoisotopic (exact) mass is 131 g/mol. The van der Waals surface area contributed by atoms with Crippen molar-refractivity contribution < 1.29 is 0 Å². The third-order valence-corrected chi connectivity index (χ3v) is 1.62. The van der Waals surface area contributed by atoms with Gasteiger partial charge in [0.25, 0.3) is 0 Å². The summed E-state index contributed by atoms with van der Waals surface area (Å²) in [6, 6.07) is 0. The summed E-state index contributed by atoms with van der Waals surface area (Å²) in [5.74, 6) is 2.57. The maximum atomic E-state index is 5.23. The molecule has 10 heavy (non-hydrogen) atoms. The Bertz CT molecular complexity index is 281. The van der Waals surface area contributed by atoms with Crippen LogP contribution in [0.1, 0.15) is 16.7 Å². The van der Waals surface area contributed by atoms with Gasteiger partial charge in [-0.15, -0.1) is 6.42 Å². The lowest BCUT2D eigenvalue weighted by Crippen LogP contribution is -1.87. The molecule has 0 saturated heterocycles. The molecule has 0 aliphatic heterocycles. The Balaban J connectivity index is 3.31. The summed E-state index contributed by atoms with van der Waals surface area (Å²) >= 11 is 0.